The van der Waals surface area contributed by atoms with Crippen molar-refractivity contribution in [2.24, 2.45) is 0 Å². The molecule has 0 aliphatic carbocycles. The van der Waals surface area contributed by atoms with E-state index in [1.807, 2.05) is 6.92 Å². The molecule has 1 aromatic rings. The van der Waals surface area contributed by atoms with Crippen molar-refractivity contribution >= 4 is 39.1 Å². The summed E-state index contributed by atoms with van der Waals surface area (Å²) >= 11 is 9.27. The third-order valence-electron chi connectivity index (χ3n) is 2.13. The van der Waals surface area contributed by atoms with Gasteiger partial charge in [0.05, 0.1) is 16.8 Å². The van der Waals surface area contributed by atoms with Crippen LogP contribution in [0.15, 0.2) is 16.6 Å². The summed E-state index contributed by atoms with van der Waals surface area (Å²) in [7, 11) is 0. The van der Waals surface area contributed by atoms with Gasteiger partial charge < -0.3 is 15.2 Å². The van der Waals surface area contributed by atoms with Crippen molar-refractivity contribution in [2.45, 2.75) is 19.8 Å². The Morgan fingerprint density at radius 1 is 1.56 bits per heavy atom. The molecule has 6 heteroatoms. The first-order valence-corrected chi connectivity index (χ1v) is 6.78. The number of halogens is 2. The third-order valence-corrected chi connectivity index (χ3v) is 2.94. The standard InChI is InChI=1S/C12H15BrClNO3/c1-2-18-12-9(13)6-8(14)7-10(12)15-11(17)4-3-5-16/h6-7,16H,2-5H2,1H3,(H,15,17). The van der Waals surface area contributed by atoms with E-state index in [1.165, 1.54) is 0 Å². The fourth-order valence-corrected chi connectivity index (χ4v) is 2.32. The SMILES string of the molecule is CCOc1c(Br)cc(Cl)cc1NC(=O)CCCO. The van der Waals surface area contributed by atoms with Crippen LogP contribution in [0.1, 0.15) is 19.8 Å². The van der Waals surface area contributed by atoms with Gasteiger partial charge in [0.15, 0.2) is 5.75 Å². The summed E-state index contributed by atoms with van der Waals surface area (Å²) in [6.07, 6.45) is 0.684. The number of carbonyl (C=O) groups is 1. The molecule has 0 saturated heterocycles. The highest BCUT2D eigenvalue weighted by molar-refractivity contribution is 9.10. The topological polar surface area (TPSA) is 58.6 Å². The van der Waals surface area contributed by atoms with Crippen molar-refractivity contribution in [1.29, 1.82) is 0 Å². The first kappa shape index (κ1) is 15.3. The van der Waals surface area contributed by atoms with Crippen molar-refractivity contribution in [3.8, 4) is 5.75 Å². The van der Waals surface area contributed by atoms with Gasteiger partial charge in [0.2, 0.25) is 5.91 Å². The van der Waals surface area contributed by atoms with Crippen LogP contribution < -0.4 is 10.1 Å². The molecule has 0 unspecified atom stereocenters. The van der Waals surface area contributed by atoms with E-state index in [-0.39, 0.29) is 18.9 Å². The molecule has 0 fully saturated rings. The molecule has 1 rings (SSSR count). The maximum absolute atomic E-state index is 11.6. The highest BCUT2D eigenvalue weighted by Crippen LogP contribution is 2.36. The molecule has 0 spiro atoms. The molecule has 1 aromatic carbocycles. The lowest BCUT2D eigenvalue weighted by atomic mass is 10.2. The molecule has 0 heterocycles. The largest absolute Gasteiger partial charge is 0.491 e. The van der Waals surface area contributed by atoms with Crippen LogP contribution in [0.5, 0.6) is 5.75 Å². The lowest BCUT2D eigenvalue weighted by Crippen LogP contribution is -2.13. The van der Waals surface area contributed by atoms with E-state index in [9.17, 15) is 4.79 Å². The van der Waals surface area contributed by atoms with Crippen LogP contribution in [0.25, 0.3) is 0 Å². The van der Waals surface area contributed by atoms with Gasteiger partial charge in [-0.15, -0.1) is 0 Å². The van der Waals surface area contributed by atoms with Crippen LogP contribution in [0, 0.1) is 0 Å². The van der Waals surface area contributed by atoms with Gasteiger partial charge in [0.25, 0.3) is 0 Å². The monoisotopic (exact) mass is 335 g/mol. The second-order valence-corrected chi connectivity index (χ2v) is 4.86. The number of hydrogen-bond donors (Lipinski definition) is 2. The molecule has 1 amide bonds. The number of hydrogen-bond acceptors (Lipinski definition) is 3. The maximum atomic E-state index is 11.6. The Labute approximate surface area is 119 Å². The molecule has 4 nitrogen and oxygen atoms in total. The van der Waals surface area contributed by atoms with E-state index in [4.69, 9.17) is 21.4 Å². The fourth-order valence-electron chi connectivity index (χ4n) is 1.40. The Morgan fingerprint density at radius 3 is 2.89 bits per heavy atom. The number of aliphatic hydroxyl groups excluding tert-OH is 1. The Morgan fingerprint density at radius 2 is 2.28 bits per heavy atom. The predicted molar refractivity (Wildman–Crippen MR) is 75.3 cm³/mol. The molecule has 100 valence electrons. The normalized spacial score (nSPS) is 10.2. The van der Waals surface area contributed by atoms with Crippen molar-refractivity contribution in [3.05, 3.63) is 21.6 Å². The maximum Gasteiger partial charge on any atom is 0.224 e. The van der Waals surface area contributed by atoms with Gasteiger partial charge in [-0.25, -0.2) is 0 Å². The first-order chi connectivity index (χ1) is 8.58. The predicted octanol–water partition coefficient (Wildman–Crippen LogP) is 3.21. The van der Waals surface area contributed by atoms with Gasteiger partial charge in [0.1, 0.15) is 0 Å². The summed E-state index contributed by atoms with van der Waals surface area (Å²) < 4.78 is 6.15. The van der Waals surface area contributed by atoms with Crippen molar-refractivity contribution in [1.82, 2.24) is 0 Å². The first-order valence-electron chi connectivity index (χ1n) is 5.61. The van der Waals surface area contributed by atoms with E-state index in [0.29, 0.717) is 34.0 Å². The summed E-state index contributed by atoms with van der Waals surface area (Å²) in [6, 6.07) is 3.34. The van der Waals surface area contributed by atoms with E-state index in [0.717, 1.165) is 0 Å². The van der Waals surface area contributed by atoms with Crippen LogP contribution in [-0.2, 0) is 4.79 Å². The van der Waals surface area contributed by atoms with Crippen molar-refractivity contribution in [2.75, 3.05) is 18.5 Å². The van der Waals surface area contributed by atoms with Crippen LogP contribution in [0.4, 0.5) is 5.69 Å². The third kappa shape index (κ3) is 4.48. The number of ether oxygens (including phenoxy) is 1. The molecule has 0 aliphatic heterocycles. The van der Waals surface area contributed by atoms with Gasteiger partial charge in [-0.05, 0) is 41.4 Å². The van der Waals surface area contributed by atoms with E-state index < -0.39 is 0 Å². The molecule has 2 N–H and O–H groups in total. The zero-order chi connectivity index (χ0) is 13.5. The number of benzene rings is 1. The molecule has 0 atom stereocenters. The average molecular weight is 337 g/mol. The van der Waals surface area contributed by atoms with Crippen molar-refractivity contribution in [3.63, 3.8) is 0 Å². The Kier molecular flexibility index (Phi) is 6.46. The molecular formula is C12H15BrClNO3. The lowest BCUT2D eigenvalue weighted by Gasteiger charge is -2.13. The van der Waals surface area contributed by atoms with Crippen LogP contribution in [0.3, 0.4) is 0 Å². The highest BCUT2D eigenvalue weighted by Gasteiger charge is 2.12. The fraction of sp³-hybridized carbons (Fsp3) is 0.417. The summed E-state index contributed by atoms with van der Waals surface area (Å²) in [5, 5.41) is 11.9. The molecule has 0 radical (unpaired) electrons. The summed E-state index contributed by atoms with van der Waals surface area (Å²) in [5.74, 6) is 0.374. The van der Waals surface area contributed by atoms with Gasteiger partial charge in [0, 0.05) is 18.1 Å². The number of amides is 1. The quantitative estimate of drug-likeness (QED) is 0.838. The van der Waals surface area contributed by atoms with Gasteiger partial charge >= 0.3 is 0 Å². The second kappa shape index (κ2) is 7.61. The average Bonchev–Trinajstić information content (AvgIpc) is 2.31. The zero-order valence-electron chi connectivity index (χ0n) is 10.0. The molecule has 0 saturated carbocycles. The van der Waals surface area contributed by atoms with Gasteiger partial charge in [-0.3, -0.25) is 4.79 Å². The highest BCUT2D eigenvalue weighted by atomic mass is 79.9. The van der Waals surface area contributed by atoms with Crippen molar-refractivity contribution < 1.29 is 14.6 Å². The number of aliphatic hydroxyl groups is 1. The molecule has 0 bridgehead atoms. The van der Waals surface area contributed by atoms with E-state index >= 15 is 0 Å². The Balaban J connectivity index is 2.88. The summed E-state index contributed by atoms with van der Waals surface area (Å²) in [5.41, 5.74) is 0.527. The smallest absolute Gasteiger partial charge is 0.224 e. The number of rotatable bonds is 6. The minimum absolute atomic E-state index is 0.00895. The Hall–Kier alpha value is -0.780. The van der Waals surface area contributed by atoms with Gasteiger partial charge in [-0.1, -0.05) is 11.6 Å². The van der Waals surface area contributed by atoms with E-state index in [2.05, 4.69) is 21.2 Å². The number of nitrogens with one attached hydrogen (secondary N) is 1. The number of anilines is 1. The molecule has 0 aliphatic rings. The van der Waals surface area contributed by atoms with Crippen LogP contribution >= 0.6 is 27.5 Å². The minimum Gasteiger partial charge on any atom is -0.491 e. The second-order valence-electron chi connectivity index (χ2n) is 3.57. The van der Waals surface area contributed by atoms with Gasteiger partial charge in [-0.2, -0.15) is 0 Å². The minimum atomic E-state index is -0.181. The molecule has 0 aromatic heterocycles. The van der Waals surface area contributed by atoms with E-state index in [1.54, 1.807) is 12.1 Å². The Bertz CT molecular complexity index is 426. The summed E-state index contributed by atoms with van der Waals surface area (Å²) in [6.45, 7) is 2.34. The zero-order valence-corrected chi connectivity index (χ0v) is 12.3. The van der Waals surface area contributed by atoms with Crippen LogP contribution in [0.2, 0.25) is 5.02 Å². The molecular weight excluding hydrogens is 321 g/mol. The van der Waals surface area contributed by atoms with Crippen LogP contribution in [-0.4, -0.2) is 24.2 Å². The summed E-state index contributed by atoms with van der Waals surface area (Å²) in [4.78, 5) is 11.6. The molecule has 18 heavy (non-hydrogen) atoms. The number of carbonyl (C=O) groups excluding carboxylic acids is 1. The lowest BCUT2D eigenvalue weighted by molar-refractivity contribution is -0.116.